The van der Waals surface area contributed by atoms with Crippen LogP contribution in [0.1, 0.15) is 31.8 Å². The van der Waals surface area contributed by atoms with Gasteiger partial charge < -0.3 is 4.74 Å². The number of cyclic esters (lactones) is 2. The van der Waals surface area contributed by atoms with Crippen molar-refractivity contribution >= 4 is 45.0 Å². The molecule has 0 saturated heterocycles. The summed E-state index contributed by atoms with van der Waals surface area (Å²) in [5.74, 6) is -1.69. The van der Waals surface area contributed by atoms with Gasteiger partial charge in [-0.25, -0.2) is 9.59 Å². The normalized spacial score (nSPS) is 15.7. The molecule has 104 valence electrons. The number of hydrogen-bond acceptors (Lipinski definition) is 5. The monoisotopic (exact) mass is 302 g/mol. The van der Waals surface area contributed by atoms with Crippen molar-refractivity contribution in [2.24, 2.45) is 0 Å². The maximum atomic E-state index is 11.9. The zero-order valence-corrected chi connectivity index (χ0v) is 11.1. The van der Waals surface area contributed by atoms with Crippen molar-refractivity contribution in [3.63, 3.8) is 0 Å². The molecule has 7 heteroatoms. The molecule has 2 aliphatic rings. The van der Waals surface area contributed by atoms with Gasteiger partial charge in [0.1, 0.15) is 4.90 Å². The molecule has 1 aliphatic heterocycles. The molecule has 2 aromatic carbocycles. The number of ether oxygens (including phenoxy) is 1. The summed E-state index contributed by atoms with van der Waals surface area (Å²) in [6, 6.07) is 4.21. The second-order valence-electron chi connectivity index (χ2n) is 4.77. The van der Waals surface area contributed by atoms with Gasteiger partial charge in [-0.15, -0.1) is 0 Å². The topological polar surface area (TPSA) is 97.7 Å². The second kappa shape index (κ2) is 3.57. The molecular formula is C14H6O6S. The predicted octanol–water partition coefficient (Wildman–Crippen LogP) is 1.88. The van der Waals surface area contributed by atoms with E-state index in [9.17, 15) is 22.6 Å². The standard InChI is InChI=1S/C14H6O6S/c15-13-8-4-2-6-1-3-7-10(21(17,18)19)5-9(14(16)20-13)12(8)11(6)7/h1-5H,(H,17,18,19). The molecule has 0 unspecified atom stereocenters. The Morgan fingerprint density at radius 2 is 1.67 bits per heavy atom. The molecule has 0 radical (unpaired) electrons. The fourth-order valence-electron chi connectivity index (χ4n) is 2.81. The second-order valence-corrected chi connectivity index (χ2v) is 6.16. The maximum Gasteiger partial charge on any atom is 0.346 e. The van der Waals surface area contributed by atoms with E-state index in [1.807, 2.05) is 0 Å². The van der Waals surface area contributed by atoms with Gasteiger partial charge in [0.15, 0.2) is 0 Å². The fourth-order valence-corrected chi connectivity index (χ4v) is 3.52. The lowest BCUT2D eigenvalue weighted by Crippen LogP contribution is -2.20. The van der Waals surface area contributed by atoms with Crippen molar-refractivity contribution in [2.45, 2.75) is 4.90 Å². The number of esters is 2. The minimum atomic E-state index is -4.51. The summed E-state index contributed by atoms with van der Waals surface area (Å²) in [7, 11) is -4.51. The molecule has 0 bridgehead atoms. The predicted molar refractivity (Wildman–Crippen MR) is 72.4 cm³/mol. The molecule has 0 fully saturated rings. The quantitative estimate of drug-likeness (QED) is 0.419. The van der Waals surface area contributed by atoms with Gasteiger partial charge in [0.2, 0.25) is 0 Å². The van der Waals surface area contributed by atoms with Gasteiger partial charge in [0.05, 0.1) is 11.1 Å². The van der Waals surface area contributed by atoms with Crippen molar-refractivity contribution in [2.75, 3.05) is 0 Å². The van der Waals surface area contributed by atoms with Crippen LogP contribution in [0.15, 0.2) is 23.1 Å². The van der Waals surface area contributed by atoms with Crippen LogP contribution in [0.4, 0.5) is 0 Å². The van der Waals surface area contributed by atoms with E-state index in [1.165, 1.54) is 12.1 Å². The van der Waals surface area contributed by atoms with E-state index in [1.54, 1.807) is 12.1 Å². The van der Waals surface area contributed by atoms with Gasteiger partial charge in [-0.3, -0.25) is 4.55 Å². The van der Waals surface area contributed by atoms with Gasteiger partial charge in [0, 0.05) is 10.9 Å². The highest BCUT2D eigenvalue weighted by Crippen LogP contribution is 2.41. The third kappa shape index (κ3) is 1.47. The molecule has 1 N–H and O–H groups in total. The number of rotatable bonds is 1. The molecule has 2 aromatic rings. The van der Waals surface area contributed by atoms with Crippen LogP contribution in [-0.2, 0) is 14.9 Å². The van der Waals surface area contributed by atoms with Gasteiger partial charge in [-0.2, -0.15) is 8.42 Å². The average molecular weight is 302 g/mol. The summed E-state index contributed by atoms with van der Waals surface area (Å²) in [5, 5.41) is 0.823. The van der Waals surface area contributed by atoms with E-state index >= 15 is 0 Å². The Hall–Kier alpha value is -2.51. The summed E-state index contributed by atoms with van der Waals surface area (Å²) in [5.41, 5.74) is 1.12. The molecule has 0 spiro atoms. The minimum absolute atomic E-state index is 0.0403. The van der Waals surface area contributed by atoms with Crippen molar-refractivity contribution in [1.82, 2.24) is 0 Å². The zero-order valence-electron chi connectivity index (χ0n) is 10.3. The highest BCUT2D eigenvalue weighted by Gasteiger charge is 2.33. The van der Waals surface area contributed by atoms with E-state index in [2.05, 4.69) is 4.74 Å². The Morgan fingerprint density at radius 1 is 0.952 bits per heavy atom. The number of benzene rings is 2. The lowest BCUT2D eigenvalue weighted by Gasteiger charge is -2.18. The first kappa shape index (κ1) is 12.2. The van der Waals surface area contributed by atoms with Gasteiger partial charge in [0.25, 0.3) is 10.1 Å². The van der Waals surface area contributed by atoms with Crippen molar-refractivity contribution in [3.8, 4) is 0 Å². The Labute approximate surface area is 118 Å². The first-order valence-electron chi connectivity index (χ1n) is 5.94. The van der Waals surface area contributed by atoms with Crippen molar-refractivity contribution in [3.05, 3.63) is 40.5 Å². The molecule has 0 aromatic heterocycles. The molecule has 0 atom stereocenters. The third-order valence-electron chi connectivity index (χ3n) is 3.65. The van der Waals surface area contributed by atoms with Crippen molar-refractivity contribution < 1.29 is 27.3 Å². The first-order chi connectivity index (χ1) is 9.88. The Kier molecular flexibility index (Phi) is 2.08. The minimum Gasteiger partial charge on any atom is -0.386 e. The number of carbonyl (C=O) groups excluding carboxylic acids is 2. The van der Waals surface area contributed by atoms with Crippen LogP contribution in [0, 0.1) is 0 Å². The fraction of sp³-hybridized carbons (Fsp3) is 0. The van der Waals surface area contributed by atoms with E-state index in [-0.39, 0.29) is 21.6 Å². The van der Waals surface area contributed by atoms with Crippen molar-refractivity contribution in [1.29, 1.82) is 0 Å². The zero-order chi connectivity index (χ0) is 14.9. The summed E-state index contributed by atoms with van der Waals surface area (Å²) in [6.45, 7) is 0. The van der Waals surface area contributed by atoms with Gasteiger partial charge >= 0.3 is 11.9 Å². The molecule has 0 saturated carbocycles. The Bertz CT molecular complexity index is 1010. The van der Waals surface area contributed by atoms with E-state index in [4.69, 9.17) is 0 Å². The van der Waals surface area contributed by atoms with Gasteiger partial charge in [-0.05, 0) is 23.1 Å². The lowest BCUT2D eigenvalue weighted by atomic mass is 9.93. The molecule has 21 heavy (non-hydrogen) atoms. The lowest BCUT2D eigenvalue weighted by molar-refractivity contribution is 0.0391. The van der Waals surface area contributed by atoms with E-state index in [0.29, 0.717) is 16.3 Å². The van der Waals surface area contributed by atoms with Crippen LogP contribution < -0.4 is 0 Å². The summed E-state index contributed by atoms with van der Waals surface area (Å²) < 4.78 is 37.0. The molecule has 4 rings (SSSR count). The Morgan fingerprint density at radius 3 is 2.38 bits per heavy atom. The van der Waals surface area contributed by atoms with Crippen LogP contribution in [0.3, 0.4) is 0 Å². The summed E-state index contributed by atoms with van der Waals surface area (Å²) in [4.78, 5) is 23.3. The van der Waals surface area contributed by atoms with Crippen LogP contribution in [0.5, 0.6) is 0 Å². The van der Waals surface area contributed by atoms with E-state index in [0.717, 1.165) is 6.07 Å². The maximum absolute atomic E-state index is 11.9. The largest absolute Gasteiger partial charge is 0.386 e. The van der Waals surface area contributed by atoms with Crippen LogP contribution >= 0.6 is 0 Å². The Balaban J connectivity index is 2.31. The van der Waals surface area contributed by atoms with Crippen LogP contribution in [0.25, 0.3) is 22.9 Å². The molecule has 0 amide bonds. The summed E-state index contributed by atoms with van der Waals surface area (Å²) in [6.07, 6.45) is 3.20. The SMILES string of the molecule is O=C1OC(=O)c2cc(S(=O)(=O)O)c3c4c(ccc1c24)C=C3. The first-order valence-corrected chi connectivity index (χ1v) is 7.38. The molecule has 6 nitrogen and oxygen atoms in total. The highest BCUT2D eigenvalue weighted by molar-refractivity contribution is 7.86. The van der Waals surface area contributed by atoms with Gasteiger partial charge in [-0.1, -0.05) is 18.2 Å². The van der Waals surface area contributed by atoms with E-state index < -0.39 is 22.1 Å². The molecule has 1 aliphatic carbocycles. The third-order valence-corrected chi connectivity index (χ3v) is 4.54. The molecular weight excluding hydrogens is 296 g/mol. The van der Waals surface area contributed by atoms with Crippen LogP contribution in [0.2, 0.25) is 0 Å². The van der Waals surface area contributed by atoms with Crippen LogP contribution in [-0.4, -0.2) is 24.9 Å². The summed E-state index contributed by atoms with van der Waals surface area (Å²) >= 11 is 0. The molecule has 1 heterocycles. The smallest absolute Gasteiger partial charge is 0.346 e. The average Bonchev–Trinajstić information content (AvgIpc) is 2.82. The number of hydrogen-bond donors (Lipinski definition) is 1. The highest BCUT2D eigenvalue weighted by atomic mass is 32.2. The number of carbonyl (C=O) groups is 2.